The van der Waals surface area contributed by atoms with E-state index in [-0.39, 0.29) is 31.3 Å². The highest BCUT2D eigenvalue weighted by Gasteiger charge is 2.30. The SMILES string of the molecule is Cc1ccc(CCC(=O)NCCOC(=O)C2CC(c3cccc(F)c3)=NO2)cc1. The second-order valence-electron chi connectivity index (χ2n) is 6.85. The van der Waals surface area contributed by atoms with Crippen LogP contribution in [-0.2, 0) is 25.6 Å². The average Bonchev–Trinajstić information content (AvgIpc) is 3.21. The third-order valence-electron chi connectivity index (χ3n) is 4.52. The quantitative estimate of drug-likeness (QED) is 0.548. The van der Waals surface area contributed by atoms with E-state index in [0.717, 1.165) is 5.56 Å². The van der Waals surface area contributed by atoms with Crippen LogP contribution in [0.4, 0.5) is 4.39 Å². The Morgan fingerprint density at radius 3 is 2.79 bits per heavy atom. The van der Waals surface area contributed by atoms with Gasteiger partial charge in [0.2, 0.25) is 12.0 Å². The Labute approximate surface area is 168 Å². The maximum Gasteiger partial charge on any atom is 0.350 e. The molecule has 29 heavy (non-hydrogen) atoms. The predicted octanol–water partition coefficient (Wildman–Crippen LogP) is 2.92. The number of aryl methyl sites for hydroxylation is 2. The molecule has 0 aliphatic carbocycles. The highest BCUT2D eigenvalue weighted by atomic mass is 19.1. The Hall–Kier alpha value is -3.22. The fourth-order valence-corrected chi connectivity index (χ4v) is 2.88. The van der Waals surface area contributed by atoms with Crippen molar-refractivity contribution in [3.05, 3.63) is 71.0 Å². The molecule has 0 spiro atoms. The second kappa shape index (κ2) is 9.82. The first-order valence-corrected chi connectivity index (χ1v) is 9.49. The topological polar surface area (TPSA) is 77.0 Å². The Balaban J connectivity index is 1.32. The summed E-state index contributed by atoms with van der Waals surface area (Å²) in [5.41, 5.74) is 3.35. The largest absolute Gasteiger partial charge is 0.461 e. The fraction of sp³-hybridized carbons (Fsp3) is 0.318. The van der Waals surface area contributed by atoms with Crippen LogP contribution < -0.4 is 5.32 Å². The van der Waals surface area contributed by atoms with Gasteiger partial charge in [0.05, 0.1) is 12.3 Å². The number of nitrogens with zero attached hydrogens (tertiary/aromatic N) is 1. The molecule has 1 unspecified atom stereocenters. The lowest BCUT2D eigenvalue weighted by Crippen LogP contribution is -2.30. The van der Waals surface area contributed by atoms with Crippen LogP contribution in [0.5, 0.6) is 0 Å². The number of benzene rings is 2. The summed E-state index contributed by atoms with van der Waals surface area (Å²) >= 11 is 0. The summed E-state index contributed by atoms with van der Waals surface area (Å²) in [7, 11) is 0. The molecule has 3 rings (SSSR count). The molecule has 7 heteroatoms. The molecule has 2 aromatic carbocycles. The minimum atomic E-state index is -0.856. The van der Waals surface area contributed by atoms with Crippen LogP contribution in [0, 0.1) is 12.7 Å². The van der Waals surface area contributed by atoms with Crippen molar-refractivity contribution >= 4 is 17.6 Å². The lowest BCUT2D eigenvalue weighted by molar-refractivity contribution is -0.155. The summed E-state index contributed by atoms with van der Waals surface area (Å²) in [5.74, 6) is -1.04. The van der Waals surface area contributed by atoms with Gasteiger partial charge in [0.1, 0.15) is 12.4 Å². The minimum Gasteiger partial charge on any atom is -0.461 e. The van der Waals surface area contributed by atoms with Gasteiger partial charge < -0.3 is 14.9 Å². The zero-order valence-electron chi connectivity index (χ0n) is 16.2. The van der Waals surface area contributed by atoms with Crippen molar-refractivity contribution in [1.82, 2.24) is 5.32 Å². The van der Waals surface area contributed by atoms with Crippen molar-refractivity contribution in [2.75, 3.05) is 13.2 Å². The molecule has 0 bridgehead atoms. The number of carbonyl (C=O) groups is 2. The molecule has 1 aliphatic heterocycles. The van der Waals surface area contributed by atoms with E-state index in [4.69, 9.17) is 9.57 Å². The highest BCUT2D eigenvalue weighted by Crippen LogP contribution is 2.18. The number of oxime groups is 1. The Kier molecular flexibility index (Phi) is 6.94. The molecule has 6 nitrogen and oxygen atoms in total. The standard InChI is InChI=1S/C22H23FN2O4/c1-15-5-7-16(8-6-15)9-10-21(26)24-11-12-28-22(27)20-14-19(25-29-20)17-3-2-4-18(23)13-17/h2-8,13,20H,9-12,14H2,1H3,(H,24,26). The lowest BCUT2D eigenvalue weighted by Gasteiger charge is -2.10. The zero-order chi connectivity index (χ0) is 20.6. The molecule has 0 fully saturated rings. The van der Waals surface area contributed by atoms with Crippen LogP contribution in [0.3, 0.4) is 0 Å². The van der Waals surface area contributed by atoms with E-state index in [1.165, 1.54) is 17.7 Å². The minimum absolute atomic E-state index is 0.0459. The summed E-state index contributed by atoms with van der Waals surface area (Å²) < 4.78 is 18.4. The molecule has 0 radical (unpaired) electrons. The first-order valence-electron chi connectivity index (χ1n) is 9.49. The molecule has 1 amide bonds. The molecule has 1 aliphatic rings. The van der Waals surface area contributed by atoms with Gasteiger partial charge in [-0.2, -0.15) is 0 Å². The maximum atomic E-state index is 13.3. The van der Waals surface area contributed by atoms with Gasteiger partial charge in [-0.1, -0.05) is 47.1 Å². The zero-order valence-corrected chi connectivity index (χ0v) is 16.2. The van der Waals surface area contributed by atoms with E-state index < -0.39 is 12.1 Å². The van der Waals surface area contributed by atoms with Crippen molar-refractivity contribution in [3.8, 4) is 0 Å². The van der Waals surface area contributed by atoms with Crippen LogP contribution in [0.25, 0.3) is 0 Å². The van der Waals surface area contributed by atoms with Gasteiger partial charge in [-0.3, -0.25) is 4.79 Å². The molecular weight excluding hydrogens is 375 g/mol. The molecular formula is C22H23FN2O4. The van der Waals surface area contributed by atoms with Crippen LogP contribution in [0.2, 0.25) is 0 Å². The Morgan fingerprint density at radius 1 is 1.24 bits per heavy atom. The summed E-state index contributed by atoms with van der Waals surface area (Å²) in [5, 5.41) is 6.57. The van der Waals surface area contributed by atoms with E-state index >= 15 is 0 Å². The number of nitrogens with one attached hydrogen (secondary N) is 1. The van der Waals surface area contributed by atoms with E-state index in [1.807, 2.05) is 31.2 Å². The molecule has 0 aromatic heterocycles. The fourth-order valence-electron chi connectivity index (χ4n) is 2.88. The van der Waals surface area contributed by atoms with E-state index in [0.29, 0.717) is 24.1 Å². The summed E-state index contributed by atoms with van der Waals surface area (Å²) in [6.45, 7) is 2.29. The molecule has 152 valence electrons. The molecule has 1 heterocycles. The molecule has 1 N–H and O–H groups in total. The van der Waals surface area contributed by atoms with Crippen molar-refractivity contribution in [1.29, 1.82) is 0 Å². The predicted molar refractivity (Wildman–Crippen MR) is 106 cm³/mol. The maximum absolute atomic E-state index is 13.3. The van der Waals surface area contributed by atoms with E-state index in [9.17, 15) is 14.0 Å². The molecule has 2 aromatic rings. The number of amides is 1. The van der Waals surface area contributed by atoms with E-state index in [2.05, 4.69) is 10.5 Å². The van der Waals surface area contributed by atoms with Gasteiger partial charge in [0.25, 0.3) is 0 Å². The number of esters is 1. The van der Waals surface area contributed by atoms with Crippen LogP contribution in [0.1, 0.15) is 29.5 Å². The Bertz CT molecular complexity index is 896. The van der Waals surface area contributed by atoms with Crippen LogP contribution >= 0.6 is 0 Å². The third-order valence-corrected chi connectivity index (χ3v) is 4.52. The number of carbonyl (C=O) groups excluding carboxylic acids is 2. The second-order valence-corrected chi connectivity index (χ2v) is 6.85. The smallest absolute Gasteiger partial charge is 0.350 e. The number of hydrogen-bond donors (Lipinski definition) is 1. The van der Waals surface area contributed by atoms with Gasteiger partial charge >= 0.3 is 5.97 Å². The number of hydrogen-bond acceptors (Lipinski definition) is 5. The number of rotatable bonds is 8. The van der Waals surface area contributed by atoms with Gasteiger partial charge in [0.15, 0.2) is 0 Å². The highest BCUT2D eigenvalue weighted by molar-refractivity contribution is 6.03. The first kappa shape index (κ1) is 20.5. The van der Waals surface area contributed by atoms with Crippen LogP contribution in [0.15, 0.2) is 53.7 Å². The number of halogens is 1. The first-order chi connectivity index (χ1) is 14.0. The van der Waals surface area contributed by atoms with Gasteiger partial charge in [0, 0.05) is 18.4 Å². The van der Waals surface area contributed by atoms with Crippen molar-refractivity contribution in [3.63, 3.8) is 0 Å². The summed E-state index contributed by atoms with van der Waals surface area (Å²) in [4.78, 5) is 29.1. The van der Waals surface area contributed by atoms with Gasteiger partial charge in [-0.15, -0.1) is 0 Å². The molecule has 1 atom stereocenters. The normalized spacial score (nSPS) is 15.4. The Morgan fingerprint density at radius 2 is 2.03 bits per heavy atom. The average molecular weight is 398 g/mol. The third kappa shape index (κ3) is 6.14. The van der Waals surface area contributed by atoms with Crippen LogP contribution in [-0.4, -0.2) is 36.8 Å². The summed E-state index contributed by atoms with van der Waals surface area (Å²) in [6, 6.07) is 14.0. The number of ether oxygens (including phenoxy) is 1. The van der Waals surface area contributed by atoms with E-state index in [1.54, 1.807) is 12.1 Å². The monoisotopic (exact) mass is 398 g/mol. The lowest BCUT2D eigenvalue weighted by atomic mass is 10.1. The molecule has 0 saturated carbocycles. The summed E-state index contributed by atoms with van der Waals surface area (Å²) in [6.07, 6.45) is 0.381. The van der Waals surface area contributed by atoms with Crippen molar-refractivity contribution in [2.24, 2.45) is 5.16 Å². The van der Waals surface area contributed by atoms with Crippen molar-refractivity contribution in [2.45, 2.75) is 32.3 Å². The van der Waals surface area contributed by atoms with Gasteiger partial charge in [-0.05, 0) is 31.0 Å². The molecule has 0 saturated heterocycles. The van der Waals surface area contributed by atoms with Gasteiger partial charge in [-0.25, -0.2) is 9.18 Å². The van der Waals surface area contributed by atoms with Crippen molar-refractivity contribution < 1.29 is 23.6 Å².